The van der Waals surface area contributed by atoms with Crippen LogP contribution in [0.1, 0.15) is 12.5 Å². The fraction of sp³-hybridized carbons (Fsp3) is 0.533. The van der Waals surface area contributed by atoms with E-state index in [4.69, 9.17) is 10.5 Å². The monoisotopic (exact) mass is 351 g/mol. The number of ether oxygens (including phenoxy) is 1. The summed E-state index contributed by atoms with van der Waals surface area (Å²) in [5.41, 5.74) is 6.92. The SMILES string of the molecule is COCC(N)C(=O)NCC(C)N(C)Cc1ccccc1.Cl.Cl. The van der Waals surface area contributed by atoms with Crippen molar-refractivity contribution in [2.45, 2.75) is 25.6 Å². The van der Waals surface area contributed by atoms with Crippen molar-refractivity contribution in [1.82, 2.24) is 10.2 Å². The molecule has 2 unspecified atom stereocenters. The normalized spacial score (nSPS) is 12.8. The zero-order chi connectivity index (χ0) is 15.0. The number of hydrogen-bond donors (Lipinski definition) is 2. The van der Waals surface area contributed by atoms with Gasteiger partial charge in [-0.05, 0) is 19.5 Å². The summed E-state index contributed by atoms with van der Waals surface area (Å²) in [6.07, 6.45) is 0. The highest BCUT2D eigenvalue weighted by Gasteiger charge is 2.15. The van der Waals surface area contributed by atoms with Crippen molar-refractivity contribution >= 4 is 30.7 Å². The van der Waals surface area contributed by atoms with E-state index < -0.39 is 6.04 Å². The number of hydrogen-bond acceptors (Lipinski definition) is 4. The van der Waals surface area contributed by atoms with Gasteiger partial charge in [-0.2, -0.15) is 0 Å². The van der Waals surface area contributed by atoms with E-state index in [9.17, 15) is 4.79 Å². The van der Waals surface area contributed by atoms with Crippen molar-refractivity contribution in [2.75, 3.05) is 27.3 Å². The lowest BCUT2D eigenvalue weighted by atomic mass is 10.2. The van der Waals surface area contributed by atoms with Crippen LogP contribution in [0.15, 0.2) is 30.3 Å². The number of nitrogens with two attached hydrogens (primary N) is 1. The molecule has 0 aliphatic heterocycles. The summed E-state index contributed by atoms with van der Waals surface area (Å²) in [5, 5.41) is 2.85. The lowest BCUT2D eigenvalue weighted by Crippen LogP contribution is -2.47. The number of carbonyl (C=O) groups is 1. The zero-order valence-electron chi connectivity index (χ0n) is 13.3. The van der Waals surface area contributed by atoms with Crippen LogP contribution in [0.5, 0.6) is 0 Å². The second kappa shape index (κ2) is 12.7. The molecule has 128 valence electrons. The van der Waals surface area contributed by atoms with E-state index in [2.05, 4.69) is 29.3 Å². The fourth-order valence-corrected chi connectivity index (χ4v) is 1.82. The second-order valence-electron chi connectivity index (χ2n) is 5.06. The summed E-state index contributed by atoms with van der Waals surface area (Å²) in [7, 11) is 3.57. The van der Waals surface area contributed by atoms with E-state index in [-0.39, 0.29) is 43.4 Å². The van der Waals surface area contributed by atoms with Crippen LogP contribution < -0.4 is 11.1 Å². The topological polar surface area (TPSA) is 67.6 Å². The van der Waals surface area contributed by atoms with Crippen LogP contribution in [0.25, 0.3) is 0 Å². The molecule has 5 nitrogen and oxygen atoms in total. The van der Waals surface area contributed by atoms with E-state index in [1.165, 1.54) is 12.7 Å². The van der Waals surface area contributed by atoms with Crippen LogP contribution in [-0.4, -0.2) is 50.2 Å². The molecule has 0 heterocycles. The molecule has 0 spiro atoms. The maximum Gasteiger partial charge on any atom is 0.239 e. The molecular weight excluding hydrogens is 325 g/mol. The fourth-order valence-electron chi connectivity index (χ4n) is 1.82. The molecule has 0 saturated carbocycles. The first-order valence-electron chi connectivity index (χ1n) is 6.81. The Bertz CT molecular complexity index is 407. The standard InChI is InChI=1S/C15H25N3O2.2ClH/c1-12(9-17-15(19)14(16)11-20-3)18(2)10-13-7-5-4-6-8-13;;/h4-8,12,14H,9-11,16H2,1-3H3,(H,17,19);2*1H. The number of halogens is 2. The molecule has 1 aromatic carbocycles. The van der Waals surface area contributed by atoms with E-state index in [0.717, 1.165) is 6.54 Å². The van der Waals surface area contributed by atoms with Gasteiger partial charge in [0.15, 0.2) is 0 Å². The van der Waals surface area contributed by atoms with Crippen molar-refractivity contribution in [3.63, 3.8) is 0 Å². The minimum Gasteiger partial charge on any atom is -0.383 e. The van der Waals surface area contributed by atoms with Crippen LogP contribution in [-0.2, 0) is 16.1 Å². The number of nitrogens with zero attached hydrogens (tertiary/aromatic N) is 1. The Morgan fingerprint density at radius 1 is 1.32 bits per heavy atom. The summed E-state index contributed by atoms with van der Waals surface area (Å²) in [5.74, 6) is -0.174. The Morgan fingerprint density at radius 3 is 2.45 bits per heavy atom. The molecule has 0 aliphatic carbocycles. The maximum atomic E-state index is 11.7. The van der Waals surface area contributed by atoms with Crippen molar-refractivity contribution in [2.24, 2.45) is 5.73 Å². The van der Waals surface area contributed by atoms with Gasteiger partial charge in [0.25, 0.3) is 0 Å². The van der Waals surface area contributed by atoms with Crippen molar-refractivity contribution in [1.29, 1.82) is 0 Å². The number of methoxy groups -OCH3 is 1. The van der Waals surface area contributed by atoms with Crippen LogP contribution in [0.2, 0.25) is 0 Å². The predicted molar refractivity (Wildman–Crippen MR) is 94.7 cm³/mol. The van der Waals surface area contributed by atoms with Gasteiger partial charge in [0, 0.05) is 26.2 Å². The molecule has 0 fully saturated rings. The minimum absolute atomic E-state index is 0. The summed E-state index contributed by atoms with van der Waals surface area (Å²) >= 11 is 0. The molecule has 1 aromatic rings. The molecule has 2 atom stereocenters. The average Bonchev–Trinajstić information content (AvgIpc) is 2.45. The molecule has 7 heteroatoms. The third kappa shape index (κ3) is 8.56. The Morgan fingerprint density at radius 2 is 1.91 bits per heavy atom. The largest absolute Gasteiger partial charge is 0.383 e. The first kappa shape index (κ1) is 23.4. The number of benzene rings is 1. The molecule has 0 bridgehead atoms. The van der Waals surface area contributed by atoms with E-state index in [1.54, 1.807) is 0 Å². The number of amides is 1. The van der Waals surface area contributed by atoms with Gasteiger partial charge in [0.1, 0.15) is 6.04 Å². The molecular formula is C15H27Cl2N3O2. The van der Waals surface area contributed by atoms with Crippen LogP contribution in [0.3, 0.4) is 0 Å². The highest BCUT2D eigenvalue weighted by Crippen LogP contribution is 2.05. The minimum atomic E-state index is -0.605. The number of likely N-dealkylation sites (N-methyl/N-ethyl adjacent to an activating group) is 1. The lowest BCUT2D eigenvalue weighted by Gasteiger charge is -2.25. The Hall–Kier alpha value is -0.850. The number of rotatable bonds is 8. The predicted octanol–water partition coefficient (Wildman–Crippen LogP) is 1.44. The van der Waals surface area contributed by atoms with E-state index in [1.807, 2.05) is 25.2 Å². The van der Waals surface area contributed by atoms with Crippen LogP contribution in [0, 0.1) is 0 Å². The zero-order valence-corrected chi connectivity index (χ0v) is 15.0. The number of nitrogens with one attached hydrogen (secondary N) is 1. The second-order valence-corrected chi connectivity index (χ2v) is 5.06. The highest BCUT2D eigenvalue weighted by molar-refractivity contribution is 5.85. The summed E-state index contributed by atoms with van der Waals surface area (Å²) < 4.78 is 4.86. The highest BCUT2D eigenvalue weighted by atomic mass is 35.5. The average molecular weight is 352 g/mol. The van der Waals surface area contributed by atoms with Gasteiger partial charge in [-0.3, -0.25) is 9.69 Å². The van der Waals surface area contributed by atoms with Crippen molar-refractivity contribution in [3.8, 4) is 0 Å². The molecule has 22 heavy (non-hydrogen) atoms. The summed E-state index contributed by atoms with van der Waals surface area (Å²) in [6, 6.07) is 9.87. The van der Waals surface area contributed by atoms with E-state index >= 15 is 0 Å². The molecule has 0 radical (unpaired) electrons. The third-order valence-corrected chi connectivity index (χ3v) is 3.28. The van der Waals surface area contributed by atoms with Gasteiger partial charge in [0.05, 0.1) is 6.61 Å². The first-order valence-corrected chi connectivity index (χ1v) is 6.81. The molecule has 1 amide bonds. The van der Waals surface area contributed by atoms with Gasteiger partial charge in [0.2, 0.25) is 5.91 Å². The Balaban J connectivity index is 0. The Labute approximate surface area is 145 Å². The molecule has 1 rings (SSSR count). The molecule has 0 aromatic heterocycles. The smallest absolute Gasteiger partial charge is 0.239 e. The summed E-state index contributed by atoms with van der Waals surface area (Å²) in [4.78, 5) is 13.9. The third-order valence-electron chi connectivity index (χ3n) is 3.28. The summed E-state index contributed by atoms with van der Waals surface area (Å²) in [6.45, 7) is 3.73. The number of carbonyl (C=O) groups excluding carboxylic acids is 1. The molecule has 0 saturated heterocycles. The van der Waals surface area contributed by atoms with Gasteiger partial charge >= 0.3 is 0 Å². The van der Waals surface area contributed by atoms with Crippen LogP contribution >= 0.6 is 24.8 Å². The maximum absolute atomic E-state index is 11.7. The van der Waals surface area contributed by atoms with Crippen molar-refractivity contribution in [3.05, 3.63) is 35.9 Å². The van der Waals surface area contributed by atoms with E-state index in [0.29, 0.717) is 6.54 Å². The Kier molecular flexibility index (Phi) is 13.5. The molecule has 3 N–H and O–H groups in total. The van der Waals surface area contributed by atoms with Gasteiger partial charge < -0.3 is 15.8 Å². The van der Waals surface area contributed by atoms with Gasteiger partial charge in [-0.25, -0.2) is 0 Å². The van der Waals surface area contributed by atoms with Crippen molar-refractivity contribution < 1.29 is 9.53 Å². The van der Waals surface area contributed by atoms with Gasteiger partial charge in [-0.15, -0.1) is 24.8 Å². The molecule has 0 aliphatic rings. The lowest BCUT2D eigenvalue weighted by molar-refractivity contribution is -0.123. The van der Waals surface area contributed by atoms with Gasteiger partial charge in [-0.1, -0.05) is 30.3 Å². The first-order chi connectivity index (χ1) is 9.54. The van der Waals surface area contributed by atoms with Crippen LogP contribution in [0.4, 0.5) is 0 Å². The quantitative estimate of drug-likeness (QED) is 0.743.